The lowest BCUT2D eigenvalue weighted by Gasteiger charge is -2.17. The second kappa shape index (κ2) is 8.51. The average Bonchev–Trinajstić information content (AvgIpc) is 2.79. The molecule has 7 heteroatoms. The van der Waals surface area contributed by atoms with Gasteiger partial charge in [0.1, 0.15) is 4.90 Å². The number of rotatable bonds is 6. The van der Waals surface area contributed by atoms with Gasteiger partial charge in [0.25, 0.3) is 0 Å². The van der Waals surface area contributed by atoms with Crippen LogP contribution in [0.2, 0.25) is 0 Å². The van der Waals surface area contributed by atoms with Gasteiger partial charge in [-0.25, -0.2) is 8.42 Å². The molecule has 0 amide bonds. The van der Waals surface area contributed by atoms with Crippen molar-refractivity contribution in [3.63, 3.8) is 0 Å². The van der Waals surface area contributed by atoms with E-state index in [0.717, 1.165) is 11.1 Å². The number of anilines is 2. The van der Waals surface area contributed by atoms with Crippen molar-refractivity contribution in [3.05, 3.63) is 78.0 Å². The topological polar surface area (TPSA) is 77.5 Å². The number of nitrogens with one attached hydrogen (secondary N) is 1. The van der Waals surface area contributed by atoms with E-state index in [-0.39, 0.29) is 9.79 Å². The van der Waals surface area contributed by atoms with Crippen molar-refractivity contribution in [2.75, 3.05) is 19.5 Å². The van der Waals surface area contributed by atoms with Crippen LogP contribution >= 0.6 is 0 Å². The Morgan fingerprint density at radius 3 is 2.19 bits per heavy atom. The lowest BCUT2D eigenvalue weighted by atomic mass is 10.1. The molecule has 0 aliphatic carbocycles. The van der Waals surface area contributed by atoms with E-state index in [0.29, 0.717) is 33.8 Å². The summed E-state index contributed by atoms with van der Waals surface area (Å²) in [6, 6.07) is 17.9. The Morgan fingerprint density at radius 2 is 1.50 bits per heavy atom. The lowest BCUT2D eigenvalue weighted by molar-refractivity contribution is 0.355. The number of aryl methyl sites for hydroxylation is 2. The normalized spacial score (nSPS) is 11.4. The van der Waals surface area contributed by atoms with Crippen LogP contribution in [0.25, 0.3) is 10.9 Å². The zero-order valence-electron chi connectivity index (χ0n) is 18.3. The number of benzene rings is 3. The molecule has 0 aliphatic rings. The number of pyridine rings is 1. The van der Waals surface area contributed by atoms with Gasteiger partial charge in [-0.2, -0.15) is 0 Å². The van der Waals surface area contributed by atoms with Crippen LogP contribution in [-0.2, 0) is 9.84 Å². The highest BCUT2D eigenvalue weighted by molar-refractivity contribution is 7.91. The van der Waals surface area contributed by atoms with E-state index in [4.69, 9.17) is 9.47 Å². The zero-order chi connectivity index (χ0) is 22.9. The first-order valence-electron chi connectivity index (χ1n) is 10.0. The molecule has 4 aromatic rings. The van der Waals surface area contributed by atoms with Gasteiger partial charge in [-0.3, -0.25) is 4.98 Å². The molecule has 1 N–H and O–H groups in total. The van der Waals surface area contributed by atoms with Gasteiger partial charge in [0.15, 0.2) is 11.5 Å². The molecule has 0 fully saturated rings. The van der Waals surface area contributed by atoms with Crippen molar-refractivity contribution in [1.29, 1.82) is 0 Å². The number of fused-ring (bicyclic) bond motifs is 1. The van der Waals surface area contributed by atoms with E-state index < -0.39 is 9.84 Å². The van der Waals surface area contributed by atoms with Crippen molar-refractivity contribution >= 4 is 32.1 Å². The molecule has 0 radical (unpaired) electrons. The molecule has 0 unspecified atom stereocenters. The van der Waals surface area contributed by atoms with E-state index in [1.165, 1.54) is 6.20 Å². The predicted octanol–water partition coefficient (Wildman–Crippen LogP) is 5.45. The highest BCUT2D eigenvalue weighted by atomic mass is 32.2. The molecule has 1 heterocycles. The number of ether oxygens (including phenoxy) is 2. The Labute approximate surface area is 187 Å². The van der Waals surface area contributed by atoms with Crippen LogP contribution < -0.4 is 14.8 Å². The van der Waals surface area contributed by atoms with Gasteiger partial charge in [0.2, 0.25) is 9.84 Å². The largest absolute Gasteiger partial charge is 0.493 e. The molecule has 0 saturated carbocycles. The van der Waals surface area contributed by atoms with Crippen molar-refractivity contribution < 1.29 is 17.9 Å². The Morgan fingerprint density at radius 1 is 0.812 bits per heavy atom. The fourth-order valence-electron chi connectivity index (χ4n) is 3.52. The summed E-state index contributed by atoms with van der Waals surface area (Å²) < 4.78 is 37.9. The van der Waals surface area contributed by atoms with Gasteiger partial charge >= 0.3 is 0 Å². The smallest absolute Gasteiger partial charge is 0.210 e. The first-order valence-corrected chi connectivity index (χ1v) is 11.5. The Hall–Kier alpha value is -3.58. The molecule has 6 nitrogen and oxygen atoms in total. The molecular weight excluding hydrogens is 424 g/mol. The highest BCUT2D eigenvalue weighted by Crippen LogP contribution is 2.37. The minimum Gasteiger partial charge on any atom is -0.493 e. The van der Waals surface area contributed by atoms with Crippen molar-refractivity contribution in [2.45, 2.75) is 23.6 Å². The van der Waals surface area contributed by atoms with Crippen LogP contribution in [-0.4, -0.2) is 27.6 Å². The minimum absolute atomic E-state index is 0.106. The van der Waals surface area contributed by atoms with Crippen molar-refractivity contribution in [1.82, 2.24) is 4.98 Å². The molecule has 32 heavy (non-hydrogen) atoms. The number of hydrogen-bond donors (Lipinski definition) is 1. The predicted molar refractivity (Wildman–Crippen MR) is 126 cm³/mol. The average molecular weight is 449 g/mol. The fraction of sp³-hybridized carbons (Fsp3) is 0.160. The van der Waals surface area contributed by atoms with Crippen LogP contribution in [0.1, 0.15) is 11.1 Å². The molecule has 1 aromatic heterocycles. The fourth-order valence-corrected chi connectivity index (χ4v) is 4.89. The molecule has 0 atom stereocenters. The second-order valence-electron chi connectivity index (χ2n) is 7.53. The van der Waals surface area contributed by atoms with E-state index >= 15 is 0 Å². The molecule has 0 saturated heterocycles. The maximum atomic E-state index is 13.6. The van der Waals surface area contributed by atoms with Crippen molar-refractivity contribution in [2.24, 2.45) is 0 Å². The van der Waals surface area contributed by atoms with Crippen LogP contribution in [0.4, 0.5) is 11.4 Å². The van der Waals surface area contributed by atoms with Gasteiger partial charge in [-0.05, 0) is 50.2 Å². The summed E-state index contributed by atoms with van der Waals surface area (Å²) in [4.78, 5) is 4.75. The number of methoxy groups -OCH3 is 2. The summed E-state index contributed by atoms with van der Waals surface area (Å²) in [6.07, 6.45) is 1.41. The van der Waals surface area contributed by atoms with Crippen LogP contribution in [0.3, 0.4) is 0 Å². The summed E-state index contributed by atoms with van der Waals surface area (Å²) in [6.45, 7) is 3.88. The third kappa shape index (κ3) is 3.99. The van der Waals surface area contributed by atoms with Crippen molar-refractivity contribution in [3.8, 4) is 11.5 Å². The number of aromatic nitrogens is 1. The number of sulfone groups is 1. The monoisotopic (exact) mass is 448 g/mol. The molecular formula is C25H24N2O4S. The summed E-state index contributed by atoms with van der Waals surface area (Å²) >= 11 is 0. The van der Waals surface area contributed by atoms with Gasteiger partial charge in [-0.1, -0.05) is 29.3 Å². The maximum Gasteiger partial charge on any atom is 0.210 e. The Balaban J connectivity index is 1.93. The first kappa shape index (κ1) is 21.6. The quantitative estimate of drug-likeness (QED) is 0.423. The first-order chi connectivity index (χ1) is 15.3. The van der Waals surface area contributed by atoms with E-state index in [1.54, 1.807) is 50.6 Å². The van der Waals surface area contributed by atoms with E-state index in [2.05, 4.69) is 10.3 Å². The third-order valence-corrected chi connectivity index (χ3v) is 7.04. The maximum absolute atomic E-state index is 13.6. The molecule has 164 valence electrons. The highest BCUT2D eigenvalue weighted by Gasteiger charge is 2.24. The third-order valence-electron chi connectivity index (χ3n) is 5.26. The van der Waals surface area contributed by atoms with Crippen LogP contribution in [0.15, 0.2) is 76.7 Å². The number of nitrogens with zero attached hydrogens (tertiary/aromatic N) is 1. The lowest BCUT2D eigenvalue weighted by Crippen LogP contribution is -2.07. The van der Waals surface area contributed by atoms with Gasteiger partial charge in [0.05, 0.1) is 30.3 Å². The summed E-state index contributed by atoms with van der Waals surface area (Å²) in [7, 11) is -0.699. The van der Waals surface area contributed by atoms with Crippen LogP contribution in [0.5, 0.6) is 11.5 Å². The Bertz CT molecular complexity index is 1400. The zero-order valence-corrected chi connectivity index (χ0v) is 19.2. The van der Waals surface area contributed by atoms with Gasteiger partial charge in [-0.15, -0.1) is 0 Å². The van der Waals surface area contributed by atoms with Gasteiger partial charge in [0, 0.05) is 23.3 Å². The summed E-state index contributed by atoms with van der Waals surface area (Å²) in [5, 5.41) is 4.02. The second-order valence-corrected chi connectivity index (χ2v) is 9.45. The van der Waals surface area contributed by atoms with E-state index in [1.807, 2.05) is 38.1 Å². The van der Waals surface area contributed by atoms with Gasteiger partial charge < -0.3 is 14.8 Å². The van der Waals surface area contributed by atoms with E-state index in [9.17, 15) is 8.42 Å². The molecule has 0 bridgehead atoms. The minimum atomic E-state index is -3.82. The molecule has 0 spiro atoms. The SMILES string of the molecule is COc1ccc(Nc2c(S(=O)(=O)c3ccc(C)cc3)cnc3ccc(C)cc23)cc1OC. The standard InChI is InChI=1S/C25H24N2O4S/c1-16-5-9-19(10-6-16)32(28,29)24-15-26-21-11-7-17(2)13-20(21)25(24)27-18-8-12-22(30-3)23(14-18)31-4/h5-15H,1-4H3,(H,26,27). The van der Waals surface area contributed by atoms with Crippen LogP contribution in [0, 0.1) is 13.8 Å². The summed E-state index contributed by atoms with van der Waals surface area (Å²) in [5.41, 5.74) is 3.81. The molecule has 4 rings (SSSR count). The summed E-state index contributed by atoms with van der Waals surface area (Å²) in [5.74, 6) is 1.12. The number of hydrogen-bond acceptors (Lipinski definition) is 6. The Kier molecular flexibility index (Phi) is 5.76. The molecule has 0 aliphatic heterocycles. The molecule has 3 aromatic carbocycles.